The van der Waals surface area contributed by atoms with Gasteiger partial charge < -0.3 is 4.74 Å². The zero-order valence-corrected chi connectivity index (χ0v) is 15.3. The van der Waals surface area contributed by atoms with Crippen LogP contribution >= 0.6 is 0 Å². The fourth-order valence-electron chi connectivity index (χ4n) is 7.63. The van der Waals surface area contributed by atoms with Crippen LogP contribution in [0.4, 0.5) is 0 Å². The Labute approximate surface area is 141 Å². The van der Waals surface area contributed by atoms with Crippen LogP contribution in [0.25, 0.3) is 0 Å². The van der Waals surface area contributed by atoms with E-state index in [1.165, 1.54) is 51.4 Å². The summed E-state index contributed by atoms with van der Waals surface area (Å²) in [5.41, 5.74) is 1.16. The van der Waals surface area contributed by atoms with Crippen LogP contribution in [-0.4, -0.2) is 13.1 Å². The van der Waals surface area contributed by atoms with Crippen molar-refractivity contribution in [2.24, 2.45) is 40.4 Å². The van der Waals surface area contributed by atoms with Gasteiger partial charge in [-0.25, -0.2) is 0 Å². The van der Waals surface area contributed by atoms with Crippen LogP contribution in [0.15, 0.2) is 0 Å². The monoisotopic (exact) mass is 318 g/mol. The Morgan fingerprint density at radius 3 is 2.57 bits per heavy atom. The maximum atomic E-state index is 12.0. The van der Waals surface area contributed by atoms with Gasteiger partial charge in [-0.15, -0.1) is 0 Å². The smallest absolute Gasteiger partial charge is 0.308 e. The lowest BCUT2D eigenvalue weighted by Gasteiger charge is -2.60. The van der Waals surface area contributed by atoms with Crippen molar-refractivity contribution < 1.29 is 9.53 Å². The van der Waals surface area contributed by atoms with Crippen LogP contribution in [-0.2, 0) is 9.53 Å². The maximum absolute atomic E-state index is 12.0. The molecule has 4 rings (SSSR count). The lowest BCUT2D eigenvalue weighted by molar-refractivity contribution is -0.154. The molecular formula is C21H34O2. The van der Waals surface area contributed by atoms with Crippen molar-refractivity contribution in [2.75, 3.05) is 7.11 Å². The maximum Gasteiger partial charge on any atom is 0.308 e. The van der Waals surface area contributed by atoms with E-state index >= 15 is 0 Å². The second-order valence-corrected chi connectivity index (χ2v) is 9.74. The van der Waals surface area contributed by atoms with Crippen LogP contribution in [0.5, 0.6) is 0 Å². The van der Waals surface area contributed by atoms with Crippen LogP contribution in [0.2, 0.25) is 0 Å². The van der Waals surface area contributed by atoms with Gasteiger partial charge in [0.2, 0.25) is 0 Å². The molecule has 0 aromatic rings. The minimum Gasteiger partial charge on any atom is -0.469 e. The molecule has 0 aromatic heterocycles. The van der Waals surface area contributed by atoms with Crippen molar-refractivity contribution in [1.29, 1.82) is 0 Å². The Morgan fingerprint density at radius 1 is 0.957 bits per heavy atom. The van der Waals surface area contributed by atoms with Crippen LogP contribution < -0.4 is 0 Å². The Bertz CT molecular complexity index is 486. The molecule has 2 heteroatoms. The van der Waals surface area contributed by atoms with Gasteiger partial charge >= 0.3 is 5.97 Å². The fraction of sp³-hybridized carbons (Fsp3) is 0.952. The summed E-state index contributed by atoms with van der Waals surface area (Å²) < 4.78 is 5.04. The summed E-state index contributed by atoms with van der Waals surface area (Å²) in [5.74, 6) is 3.88. The molecule has 0 heterocycles. The van der Waals surface area contributed by atoms with E-state index in [0.717, 1.165) is 36.5 Å². The zero-order valence-electron chi connectivity index (χ0n) is 15.3. The van der Waals surface area contributed by atoms with Crippen molar-refractivity contribution in [3.8, 4) is 0 Å². The Balaban J connectivity index is 1.55. The first-order valence-electron chi connectivity index (χ1n) is 10.1. The molecule has 7 atom stereocenters. The van der Waals surface area contributed by atoms with E-state index in [1.54, 1.807) is 7.11 Å². The van der Waals surface area contributed by atoms with Crippen LogP contribution in [0, 0.1) is 40.4 Å². The molecule has 4 saturated carbocycles. The summed E-state index contributed by atoms with van der Waals surface area (Å²) in [7, 11) is 1.55. The topological polar surface area (TPSA) is 26.3 Å². The number of methoxy groups -OCH3 is 1. The standard InChI is InChI=1S/C21H34O2/c1-20-10-4-5-17(20)16-7-6-15-13-14(19(22)23-3)8-12-21(15,2)18(16)9-11-20/h14-18H,4-13H2,1-3H3/t14?,15?,16-,17-,18-,20-,21-/m0/s1. The summed E-state index contributed by atoms with van der Waals surface area (Å²) >= 11 is 0. The van der Waals surface area contributed by atoms with E-state index in [0.29, 0.717) is 10.8 Å². The van der Waals surface area contributed by atoms with Gasteiger partial charge in [-0.3, -0.25) is 4.79 Å². The number of fused-ring (bicyclic) bond motifs is 5. The molecular weight excluding hydrogens is 284 g/mol. The predicted octanol–water partition coefficient (Wildman–Crippen LogP) is 5.21. The summed E-state index contributed by atoms with van der Waals surface area (Å²) in [6.45, 7) is 5.17. The van der Waals surface area contributed by atoms with Crippen molar-refractivity contribution in [2.45, 2.75) is 78.1 Å². The third-order valence-electron chi connectivity index (χ3n) is 8.98. The van der Waals surface area contributed by atoms with E-state index in [-0.39, 0.29) is 11.9 Å². The minimum atomic E-state index is 0.0428. The van der Waals surface area contributed by atoms with Gasteiger partial charge in [-0.2, -0.15) is 0 Å². The Morgan fingerprint density at radius 2 is 1.78 bits per heavy atom. The molecule has 4 fully saturated rings. The first kappa shape index (κ1) is 16.0. The highest BCUT2D eigenvalue weighted by molar-refractivity contribution is 5.72. The van der Waals surface area contributed by atoms with Gasteiger partial charge in [0.05, 0.1) is 13.0 Å². The minimum absolute atomic E-state index is 0.0428. The van der Waals surface area contributed by atoms with Gasteiger partial charge in [-0.1, -0.05) is 20.3 Å². The number of rotatable bonds is 1. The highest BCUT2D eigenvalue weighted by atomic mass is 16.5. The van der Waals surface area contributed by atoms with E-state index in [9.17, 15) is 4.79 Å². The van der Waals surface area contributed by atoms with Crippen LogP contribution in [0.1, 0.15) is 78.1 Å². The van der Waals surface area contributed by atoms with E-state index < -0.39 is 0 Å². The molecule has 23 heavy (non-hydrogen) atoms. The molecule has 2 unspecified atom stereocenters. The van der Waals surface area contributed by atoms with Gasteiger partial charge in [-0.05, 0) is 92.3 Å². The molecule has 2 nitrogen and oxygen atoms in total. The molecule has 0 spiro atoms. The average Bonchev–Trinajstić information content (AvgIpc) is 2.95. The average molecular weight is 319 g/mol. The summed E-state index contributed by atoms with van der Waals surface area (Å²) in [6.07, 6.45) is 13.5. The van der Waals surface area contributed by atoms with Gasteiger partial charge in [0.15, 0.2) is 0 Å². The first-order valence-corrected chi connectivity index (χ1v) is 10.1. The van der Waals surface area contributed by atoms with E-state index in [2.05, 4.69) is 13.8 Å². The number of carbonyl (C=O) groups excluding carboxylic acids is 1. The molecule has 130 valence electrons. The number of ether oxygens (including phenoxy) is 1. The summed E-state index contributed by atoms with van der Waals surface area (Å²) in [4.78, 5) is 12.0. The SMILES string of the molecule is COC(=O)C1CC[C@@]2(C)C(CC[C@H]3[C@@H]4CCC[C@@]4(C)CC[C@@H]32)C1. The molecule has 0 amide bonds. The van der Waals surface area contributed by atoms with E-state index in [4.69, 9.17) is 4.74 Å². The van der Waals surface area contributed by atoms with Gasteiger partial charge in [0.1, 0.15) is 0 Å². The highest BCUT2D eigenvalue weighted by Gasteiger charge is 2.58. The van der Waals surface area contributed by atoms with Crippen LogP contribution in [0.3, 0.4) is 0 Å². The second kappa shape index (κ2) is 5.49. The van der Waals surface area contributed by atoms with Gasteiger partial charge in [0, 0.05) is 0 Å². The zero-order chi connectivity index (χ0) is 16.2. The third kappa shape index (κ3) is 2.30. The molecule has 0 aromatic carbocycles. The highest BCUT2D eigenvalue weighted by Crippen LogP contribution is 2.66. The molecule has 4 aliphatic rings. The number of esters is 1. The van der Waals surface area contributed by atoms with Crippen molar-refractivity contribution in [1.82, 2.24) is 0 Å². The summed E-state index contributed by atoms with van der Waals surface area (Å²) in [5, 5.41) is 0. The molecule has 0 N–H and O–H groups in total. The first-order chi connectivity index (χ1) is 11.0. The third-order valence-corrected chi connectivity index (χ3v) is 8.98. The summed E-state index contributed by atoms with van der Waals surface area (Å²) in [6, 6.07) is 0. The normalized spacial score (nSPS) is 52.2. The lowest BCUT2D eigenvalue weighted by atomic mass is 9.45. The largest absolute Gasteiger partial charge is 0.469 e. The fourth-order valence-corrected chi connectivity index (χ4v) is 7.63. The van der Waals surface area contributed by atoms with Crippen molar-refractivity contribution >= 4 is 5.97 Å². The quantitative estimate of drug-likeness (QED) is 0.620. The molecule has 0 aliphatic heterocycles. The molecule has 0 saturated heterocycles. The lowest BCUT2D eigenvalue weighted by Crippen LogP contribution is -2.53. The Kier molecular flexibility index (Phi) is 3.81. The van der Waals surface area contributed by atoms with E-state index in [1.807, 2.05) is 0 Å². The number of hydrogen-bond donors (Lipinski definition) is 0. The van der Waals surface area contributed by atoms with Crippen molar-refractivity contribution in [3.05, 3.63) is 0 Å². The Hall–Kier alpha value is -0.530. The molecule has 0 bridgehead atoms. The van der Waals surface area contributed by atoms with Gasteiger partial charge in [0.25, 0.3) is 0 Å². The number of hydrogen-bond acceptors (Lipinski definition) is 2. The van der Waals surface area contributed by atoms with Crippen molar-refractivity contribution in [3.63, 3.8) is 0 Å². The second-order valence-electron chi connectivity index (χ2n) is 9.74. The molecule has 0 radical (unpaired) electrons. The predicted molar refractivity (Wildman–Crippen MR) is 91.9 cm³/mol. The molecule has 4 aliphatic carbocycles. The number of carbonyl (C=O) groups is 1.